The van der Waals surface area contributed by atoms with Crippen molar-refractivity contribution >= 4 is 28.7 Å². The van der Waals surface area contributed by atoms with Gasteiger partial charge in [-0.05, 0) is 36.4 Å². The summed E-state index contributed by atoms with van der Waals surface area (Å²) in [5.74, 6) is 0.447. The summed E-state index contributed by atoms with van der Waals surface area (Å²) in [6.45, 7) is 0.341. The van der Waals surface area contributed by atoms with Crippen LogP contribution in [0.3, 0.4) is 0 Å². The lowest BCUT2D eigenvalue weighted by Crippen LogP contribution is -2.24. The molecular formula is C18H14FN5O2S. The van der Waals surface area contributed by atoms with Crippen molar-refractivity contribution in [3.8, 4) is 5.69 Å². The van der Waals surface area contributed by atoms with Crippen molar-refractivity contribution in [1.29, 1.82) is 0 Å². The number of rotatable bonds is 6. The van der Waals surface area contributed by atoms with E-state index < -0.39 is 0 Å². The van der Waals surface area contributed by atoms with E-state index in [1.807, 2.05) is 0 Å². The number of hydrogen-bond donors (Lipinski definition) is 1. The van der Waals surface area contributed by atoms with Gasteiger partial charge in [-0.1, -0.05) is 11.8 Å². The van der Waals surface area contributed by atoms with E-state index in [0.717, 1.165) is 5.39 Å². The van der Waals surface area contributed by atoms with Crippen molar-refractivity contribution in [1.82, 2.24) is 25.1 Å². The molecule has 3 heterocycles. The number of carbonyl (C=O) groups excluding carboxylic acids is 1. The third-order valence-corrected chi connectivity index (χ3v) is 4.79. The first kappa shape index (κ1) is 17.2. The highest BCUT2D eigenvalue weighted by molar-refractivity contribution is 8.00. The van der Waals surface area contributed by atoms with Gasteiger partial charge in [0.2, 0.25) is 5.91 Å². The molecule has 0 unspecified atom stereocenters. The summed E-state index contributed by atoms with van der Waals surface area (Å²) in [6.07, 6.45) is 4.63. The van der Waals surface area contributed by atoms with Crippen molar-refractivity contribution in [3.63, 3.8) is 0 Å². The maximum absolute atomic E-state index is 13.1. The first-order valence-electron chi connectivity index (χ1n) is 8.07. The number of amides is 1. The molecule has 0 saturated carbocycles. The van der Waals surface area contributed by atoms with Crippen LogP contribution < -0.4 is 5.32 Å². The van der Waals surface area contributed by atoms with Crippen LogP contribution in [0, 0.1) is 5.82 Å². The molecule has 0 spiro atoms. The Morgan fingerprint density at radius 3 is 2.85 bits per heavy atom. The van der Waals surface area contributed by atoms with Gasteiger partial charge in [0, 0.05) is 0 Å². The van der Waals surface area contributed by atoms with Crippen molar-refractivity contribution in [2.45, 2.75) is 11.6 Å². The molecule has 0 aliphatic rings. The van der Waals surface area contributed by atoms with E-state index in [0.29, 0.717) is 28.7 Å². The quantitative estimate of drug-likeness (QED) is 0.407. The molecular weight excluding hydrogens is 369 g/mol. The topological polar surface area (TPSA) is 85.8 Å². The van der Waals surface area contributed by atoms with E-state index in [-0.39, 0.29) is 17.5 Å². The summed E-state index contributed by atoms with van der Waals surface area (Å²) in [7, 11) is 0. The summed E-state index contributed by atoms with van der Waals surface area (Å²) in [5, 5.41) is 8.49. The number of carbonyl (C=O) groups is 1. The standard InChI is InChI=1S/C18H14FN5O2S/c19-12-3-5-13(6-4-12)24-17-15(9-23-24)18(22-11-21-17)27-10-16(25)20-8-14-2-1-7-26-14/h1-7,9,11H,8,10H2,(H,20,25). The minimum atomic E-state index is -0.318. The lowest BCUT2D eigenvalue weighted by Gasteiger charge is -2.05. The Balaban J connectivity index is 1.48. The second kappa shape index (κ2) is 7.58. The van der Waals surface area contributed by atoms with Crippen LogP contribution in [0.5, 0.6) is 0 Å². The normalized spacial score (nSPS) is 11.0. The maximum Gasteiger partial charge on any atom is 0.230 e. The number of aromatic nitrogens is 4. The number of benzene rings is 1. The maximum atomic E-state index is 13.1. The summed E-state index contributed by atoms with van der Waals surface area (Å²) in [5.41, 5.74) is 1.28. The van der Waals surface area contributed by atoms with E-state index in [1.165, 1.54) is 30.2 Å². The van der Waals surface area contributed by atoms with E-state index in [2.05, 4.69) is 20.4 Å². The van der Waals surface area contributed by atoms with Gasteiger partial charge in [-0.3, -0.25) is 4.79 Å². The van der Waals surface area contributed by atoms with Gasteiger partial charge in [-0.15, -0.1) is 0 Å². The average molecular weight is 383 g/mol. The summed E-state index contributed by atoms with van der Waals surface area (Å²) in [4.78, 5) is 20.6. The number of hydrogen-bond acceptors (Lipinski definition) is 6. The Morgan fingerprint density at radius 1 is 1.22 bits per heavy atom. The van der Waals surface area contributed by atoms with Gasteiger partial charge in [-0.25, -0.2) is 19.0 Å². The van der Waals surface area contributed by atoms with Gasteiger partial charge in [0.1, 0.15) is 22.9 Å². The fourth-order valence-corrected chi connectivity index (χ4v) is 3.28. The minimum Gasteiger partial charge on any atom is -0.467 e. The van der Waals surface area contributed by atoms with Gasteiger partial charge in [0.15, 0.2) is 5.65 Å². The Kier molecular flexibility index (Phi) is 4.84. The van der Waals surface area contributed by atoms with Gasteiger partial charge < -0.3 is 9.73 Å². The van der Waals surface area contributed by atoms with Crippen molar-refractivity contribution in [2.75, 3.05) is 5.75 Å². The number of furan rings is 1. The number of nitrogens with zero attached hydrogens (tertiary/aromatic N) is 4. The first-order chi connectivity index (χ1) is 13.2. The van der Waals surface area contributed by atoms with Crippen LogP contribution in [-0.4, -0.2) is 31.4 Å². The zero-order valence-electron chi connectivity index (χ0n) is 14.0. The molecule has 0 bridgehead atoms. The first-order valence-corrected chi connectivity index (χ1v) is 9.06. The number of thioether (sulfide) groups is 1. The summed E-state index contributed by atoms with van der Waals surface area (Å²) < 4.78 is 19.9. The molecule has 4 aromatic rings. The third-order valence-electron chi connectivity index (χ3n) is 3.78. The molecule has 0 radical (unpaired) electrons. The van der Waals surface area contributed by atoms with Crippen LogP contribution in [0.4, 0.5) is 4.39 Å². The van der Waals surface area contributed by atoms with Gasteiger partial charge >= 0.3 is 0 Å². The minimum absolute atomic E-state index is 0.130. The monoisotopic (exact) mass is 383 g/mol. The molecule has 0 saturated heterocycles. The Bertz CT molecular complexity index is 1060. The zero-order valence-corrected chi connectivity index (χ0v) is 14.8. The Hall–Kier alpha value is -3.20. The zero-order chi connectivity index (χ0) is 18.6. The lowest BCUT2D eigenvalue weighted by molar-refractivity contribution is -0.118. The van der Waals surface area contributed by atoms with Crippen LogP contribution in [0.15, 0.2) is 64.6 Å². The highest BCUT2D eigenvalue weighted by Crippen LogP contribution is 2.25. The lowest BCUT2D eigenvalue weighted by atomic mass is 10.3. The molecule has 1 amide bonds. The van der Waals surface area contributed by atoms with Crippen LogP contribution in [-0.2, 0) is 11.3 Å². The molecule has 0 atom stereocenters. The van der Waals surface area contributed by atoms with Gasteiger partial charge in [0.05, 0.1) is 35.8 Å². The van der Waals surface area contributed by atoms with E-state index >= 15 is 0 Å². The van der Waals surface area contributed by atoms with Crippen LogP contribution in [0.2, 0.25) is 0 Å². The molecule has 0 aliphatic heterocycles. The number of fused-ring (bicyclic) bond motifs is 1. The fraction of sp³-hybridized carbons (Fsp3) is 0.111. The molecule has 7 nitrogen and oxygen atoms in total. The van der Waals surface area contributed by atoms with Crippen LogP contribution in [0.1, 0.15) is 5.76 Å². The van der Waals surface area contributed by atoms with Crippen LogP contribution >= 0.6 is 11.8 Å². The average Bonchev–Trinajstić information content (AvgIpc) is 3.35. The molecule has 4 rings (SSSR count). The van der Waals surface area contributed by atoms with Gasteiger partial charge in [0.25, 0.3) is 0 Å². The molecule has 0 aliphatic carbocycles. The van der Waals surface area contributed by atoms with Gasteiger partial charge in [-0.2, -0.15) is 5.10 Å². The van der Waals surface area contributed by atoms with Crippen molar-refractivity contribution < 1.29 is 13.6 Å². The second-order valence-electron chi connectivity index (χ2n) is 5.59. The predicted molar refractivity (Wildman–Crippen MR) is 97.9 cm³/mol. The number of nitrogens with one attached hydrogen (secondary N) is 1. The molecule has 0 fully saturated rings. The van der Waals surface area contributed by atoms with Crippen molar-refractivity contribution in [3.05, 3.63) is 66.8 Å². The molecule has 9 heteroatoms. The Morgan fingerprint density at radius 2 is 2.07 bits per heavy atom. The van der Waals surface area contributed by atoms with E-state index in [1.54, 1.807) is 41.4 Å². The van der Waals surface area contributed by atoms with Crippen molar-refractivity contribution in [2.24, 2.45) is 0 Å². The molecule has 136 valence electrons. The summed E-state index contributed by atoms with van der Waals surface area (Å²) in [6, 6.07) is 9.54. The highest BCUT2D eigenvalue weighted by Gasteiger charge is 2.13. The predicted octanol–water partition coefficient (Wildman–Crippen LogP) is 2.96. The molecule has 27 heavy (non-hydrogen) atoms. The second-order valence-corrected chi connectivity index (χ2v) is 6.56. The molecule has 1 N–H and O–H groups in total. The number of halogens is 1. The fourth-order valence-electron chi connectivity index (χ4n) is 2.49. The summed E-state index contributed by atoms with van der Waals surface area (Å²) >= 11 is 1.30. The smallest absolute Gasteiger partial charge is 0.230 e. The van der Waals surface area contributed by atoms with E-state index in [9.17, 15) is 9.18 Å². The molecule has 1 aromatic carbocycles. The molecule has 3 aromatic heterocycles. The largest absolute Gasteiger partial charge is 0.467 e. The van der Waals surface area contributed by atoms with Crippen LogP contribution in [0.25, 0.3) is 16.7 Å². The Labute approximate surface area is 157 Å². The van der Waals surface area contributed by atoms with E-state index in [4.69, 9.17) is 4.42 Å². The highest BCUT2D eigenvalue weighted by atomic mass is 32.2. The third kappa shape index (κ3) is 3.82. The SMILES string of the molecule is O=C(CSc1ncnc2c1cnn2-c1ccc(F)cc1)NCc1ccco1.